The number of carbonyl (C=O) groups excluding carboxylic acids is 1. The number of esters is 1. The molecule has 1 aromatic carbocycles. The summed E-state index contributed by atoms with van der Waals surface area (Å²) in [6.07, 6.45) is 1.50. The maximum Gasteiger partial charge on any atom is 0.307 e. The second kappa shape index (κ2) is 4.78. The Kier molecular flexibility index (Phi) is 3.18. The summed E-state index contributed by atoms with van der Waals surface area (Å²) >= 11 is 0. The summed E-state index contributed by atoms with van der Waals surface area (Å²) in [6.45, 7) is 0.396. The molecule has 0 radical (unpaired) electrons. The number of benzene rings is 1. The summed E-state index contributed by atoms with van der Waals surface area (Å²) in [5, 5.41) is 4.61. The van der Waals surface area contributed by atoms with Gasteiger partial charge in [0.15, 0.2) is 0 Å². The second-order valence-corrected chi connectivity index (χ2v) is 3.58. The van der Waals surface area contributed by atoms with Crippen LogP contribution in [-0.4, -0.2) is 22.9 Å². The molecule has 0 bridgehead atoms. The summed E-state index contributed by atoms with van der Waals surface area (Å²) in [4.78, 5) is 22.6. The fourth-order valence-corrected chi connectivity index (χ4v) is 1.64. The molecule has 0 aliphatic carbocycles. The Hall–Kier alpha value is -2.17. The third-order valence-electron chi connectivity index (χ3n) is 2.52. The zero-order chi connectivity index (χ0) is 12.3. The van der Waals surface area contributed by atoms with E-state index in [1.807, 2.05) is 6.07 Å². The minimum atomic E-state index is -0.297. The molecular weight excluding hydrogens is 220 g/mol. The average Bonchev–Trinajstić information content (AvgIpc) is 2.38. The average molecular weight is 232 g/mol. The van der Waals surface area contributed by atoms with Gasteiger partial charge in [-0.05, 0) is 12.1 Å². The van der Waals surface area contributed by atoms with Gasteiger partial charge < -0.3 is 4.74 Å². The fraction of sp³-hybridized carbons (Fsp3) is 0.250. The molecule has 0 saturated carbocycles. The smallest absolute Gasteiger partial charge is 0.307 e. The lowest BCUT2D eigenvalue weighted by Gasteiger charge is -2.07. The number of aromatic nitrogens is 2. The van der Waals surface area contributed by atoms with Crippen LogP contribution in [0.5, 0.6) is 0 Å². The number of rotatable bonds is 3. The molecule has 0 atom stereocenters. The van der Waals surface area contributed by atoms with E-state index in [2.05, 4.69) is 9.84 Å². The highest BCUT2D eigenvalue weighted by Gasteiger charge is 2.05. The zero-order valence-corrected chi connectivity index (χ0v) is 9.42. The van der Waals surface area contributed by atoms with Gasteiger partial charge in [-0.3, -0.25) is 14.3 Å². The third kappa shape index (κ3) is 2.33. The standard InChI is InChI=1S/C12H12N2O3/c1-17-12(16)6-7-14-10-5-3-2-4-9(10)11(15)8-13-14/h2-5,8H,6-7H2,1H3. The first-order valence-corrected chi connectivity index (χ1v) is 5.24. The zero-order valence-electron chi connectivity index (χ0n) is 9.42. The van der Waals surface area contributed by atoms with Gasteiger partial charge in [0.25, 0.3) is 0 Å². The summed E-state index contributed by atoms with van der Waals surface area (Å²) in [6, 6.07) is 7.18. The summed E-state index contributed by atoms with van der Waals surface area (Å²) in [7, 11) is 1.35. The molecule has 0 saturated heterocycles. The van der Waals surface area contributed by atoms with Gasteiger partial charge >= 0.3 is 5.97 Å². The van der Waals surface area contributed by atoms with E-state index in [4.69, 9.17) is 0 Å². The maximum atomic E-state index is 11.6. The highest BCUT2D eigenvalue weighted by atomic mass is 16.5. The molecule has 0 N–H and O–H groups in total. The number of hydrogen-bond acceptors (Lipinski definition) is 4. The SMILES string of the molecule is COC(=O)CCn1ncc(=O)c2ccccc21. The van der Waals surface area contributed by atoms with Crippen LogP contribution in [0.15, 0.2) is 35.3 Å². The van der Waals surface area contributed by atoms with Crippen molar-refractivity contribution in [2.24, 2.45) is 0 Å². The lowest BCUT2D eigenvalue weighted by atomic mass is 10.2. The minimum absolute atomic E-state index is 0.116. The first-order valence-electron chi connectivity index (χ1n) is 5.24. The van der Waals surface area contributed by atoms with Crippen molar-refractivity contribution < 1.29 is 9.53 Å². The van der Waals surface area contributed by atoms with E-state index in [1.54, 1.807) is 22.9 Å². The minimum Gasteiger partial charge on any atom is -0.469 e. The number of methoxy groups -OCH3 is 1. The van der Waals surface area contributed by atoms with Gasteiger partial charge in [-0.1, -0.05) is 12.1 Å². The molecule has 5 nitrogen and oxygen atoms in total. The van der Waals surface area contributed by atoms with E-state index in [-0.39, 0.29) is 17.8 Å². The number of ether oxygens (including phenoxy) is 1. The lowest BCUT2D eigenvalue weighted by Crippen LogP contribution is -2.14. The second-order valence-electron chi connectivity index (χ2n) is 3.58. The Labute approximate surface area is 97.6 Å². The Morgan fingerprint density at radius 1 is 1.41 bits per heavy atom. The van der Waals surface area contributed by atoms with Crippen molar-refractivity contribution in [2.75, 3.05) is 7.11 Å². The molecule has 17 heavy (non-hydrogen) atoms. The lowest BCUT2D eigenvalue weighted by molar-refractivity contribution is -0.140. The molecular formula is C12H12N2O3. The van der Waals surface area contributed by atoms with Gasteiger partial charge in [0, 0.05) is 5.39 Å². The van der Waals surface area contributed by atoms with Crippen molar-refractivity contribution in [3.8, 4) is 0 Å². The molecule has 0 spiro atoms. The predicted octanol–water partition coefficient (Wildman–Crippen LogP) is 0.960. The monoisotopic (exact) mass is 232 g/mol. The van der Waals surface area contributed by atoms with Crippen LogP contribution in [0.3, 0.4) is 0 Å². The van der Waals surface area contributed by atoms with Crippen LogP contribution < -0.4 is 5.43 Å². The van der Waals surface area contributed by atoms with Gasteiger partial charge in [0.1, 0.15) is 0 Å². The predicted molar refractivity (Wildman–Crippen MR) is 62.6 cm³/mol. The van der Waals surface area contributed by atoms with Crippen LogP contribution in [0, 0.1) is 0 Å². The van der Waals surface area contributed by atoms with Gasteiger partial charge in [-0.25, -0.2) is 0 Å². The van der Waals surface area contributed by atoms with Crippen molar-refractivity contribution >= 4 is 16.9 Å². The molecule has 0 aliphatic heterocycles. The van der Waals surface area contributed by atoms with Gasteiger partial charge in [-0.15, -0.1) is 0 Å². The Balaban J connectivity index is 2.38. The molecule has 5 heteroatoms. The molecule has 0 amide bonds. The van der Waals surface area contributed by atoms with Crippen LogP contribution in [0.2, 0.25) is 0 Å². The molecule has 0 aliphatic rings. The van der Waals surface area contributed by atoms with E-state index in [9.17, 15) is 9.59 Å². The highest BCUT2D eigenvalue weighted by molar-refractivity contribution is 5.78. The number of nitrogens with zero attached hydrogens (tertiary/aromatic N) is 2. The van der Waals surface area contributed by atoms with E-state index in [0.29, 0.717) is 11.9 Å². The van der Waals surface area contributed by atoms with Crippen molar-refractivity contribution in [1.82, 2.24) is 9.78 Å². The van der Waals surface area contributed by atoms with Crippen LogP contribution in [-0.2, 0) is 16.1 Å². The molecule has 88 valence electrons. The van der Waals surface area contributed by atoms with Crippen molar-refractivity contribution in [1.29, 1.82) is 0 Å². The number of para-hydroxylation sites is 1. The van der Waals surface area contributed by atoms with Crippen LogP contribution in [0.1, 0.15) is 6.42 Å². The third-order valence-corrected chi connectivity index (χ3v) is 2.52. The molecule has 1 aromatic heterocycles. The molecule has 0 unspecified atom stereocenters. The van der Waals surface area contributed by atoms with Gasteiger partial charge in [0.05, 0.1) is 31.8 Å². The Bertz CT molecular complexity index is 604. The van der Waals surface area contributed by atoms with E-state index in [1.165, 1.54) is 13.3 Å². The summed E-state index contributed by atoms with van der Waals surface area (Å²) < 4.78 is 6.20. The summed E-state index contributed by atoms with van der Waals surface area (Å²) in [5.41, 5.74) is 0.610. The summed E-state index contributed by atoms with van der Waals surface area (Å²) in [5.74, 6) is -0.297. The van der Waals surface area contributed by atoms with Crippen LogP contribution in [0.25, 0.3) is 10.9 Å². The first-order chi connectivity index (χ1) is 8.22. The fourth-order valence-electron chi connectivity index (χ4n) is 1.64. The van der Waals surface area contributed by atoms with Gasteiger partial charge in [0.2, 0.25) is 5.43 Å². The molecule has 1 heterocycles. The normalized spacial score (nSPS) is 10.4. The first kappa shape index (κ1) is 11.3. The quantitative estimate of drug-likeness (QED) is 0.739. The van der Waals surface area contributed by atoms with Crippen LogP contribution in [0.4, 0.5) is 0 Å². The Morgan fingerprint density at radius 2 is 2.18 bits per heavy atom. The van der Waals surface area contributed by atoms with Gasteiger partial charge in [-0.2, -0.15) is 5.10 Å². The molecule has 2 rings (SSSR count). The largest absolute Gasteiger partial charge is 0.469 e. The maximum absolute atomic E-state index is 11.6. The highest BCUT2D eigenvalue weighted by Crippen LogP contribution is 2.08. The number of fused-ring (bicyclic) bond motifs is 1. The topological polar surface area (TPSA) is 61.2 Å². The number of aryl methyl sites for hydroxylation is 1. The number of hydrogen-bond donors (Lipinski definition) is 0. The molecule has 0 fully saturated rings. The van der Waals surface area contributed by atoms with Crippen molar-refractivity contribution in [3.05, 3.63) is 40.7 Å². The Morgan fingerprint density at radius 3 is 2.94 bits per heavy atom. The number of carbonyl (C=O) groups is 1. The van der Waals surface area contributed by atoms with E-state index >= 15 is 0 Å². The van der Waals surface area contributed by atoms with Crippen molar-refractivity contribution in [2.45, 2.75) is 13.0 Å². The van der Waals surface area contributed by atoms with E-state index in [0.717, 1.165) is 5.52 Å². The molecule has 2 aromatic rings. The van der Waals surface area contributed by atoms with Crippen LogP contribution >= 0.6 is 0 Å². The van der Waals surface area contributed by atoms with E-state index < -0.39 is 0 Å². The van der Waals surface area contributed by atoms with Crippen molar-refractivity contribution in [3.63, 3.8) is 0 Å².